The average molecular weight is 461 g/mol. The van der Waals surface area contributed by atoms with Crippen molar-refractivity contribution in [3.63, 3.8) is 0 Å². The zero-order valence-electron chi connectivity index (χ0n) is 19.0. The fourth-order valence-electron chi connectivity index (χ4n) is 4.09. The van der Waals surface area contributed by atoms with Gasteiger partial charge in [0.2, 0.25) is 0 Å². The molecule has 2 N–H and O–H groups in total. The summed E-state index contributed by atoms with van der Waals surface area (Å²) < 4.78 is 0. The molecule has 0 bridgehead atoms. The van der Waals surface area contributed by atoms with Gasteiger partial charge in [0, 0.05) is 6.42 Å². The topological polar surface area (TPSA) is 77.3 Å². The molecule has 1 aliphatic heterocycles. The number of phenolic OH excluding ortho intramolecular Hbond substituents is 1. The standard InChI is InChI=1S/C29H24N4O2/c34-28-14-8-7-13-25(28)29(35)31-30-20-21-15-17-24(18-16-21)33-27(23-11-5-2-6-12-23)19-26(32-33)22-9-3-1-4-10-22/h1-18,20,27,34H,19H2,(H,31,35)/b30-20-/t27-/m1/s1. The zero-order valence-corrected chi connectivity index (χ0v) is 19.0. The Hall–Kier alpha value is -4.71. The molecular formula is C29H24N4O2. The summed E-state index contributed by atoms with van der Waals surface area (Å²) in [7, 11) is 0. The molecular weight excluding hydrogens is 436 g/mol. The number of amides is 1. The molecule has 6 heteroatoms. The van der Waals surface area contributed by atoms with Gasteiger partial charge < -0.3 is 5.11 Å². The molecule has 1 aliphatic rings. The van der Waals surface area contributed by atoms with E-state index in [1.807, 2.05) is 48.5 Å². The van der Waals surface area contributed by atoms with Gasteiger partial charge in [-0.3, -0.25) is 9.80 Å². The normalized spacial score (nSPS) is 15.3. The van der Waals surface area contributed by atoms with Crippen molar-refractivity contribution in [1.29, 1.82) is 0 Å². The first-order chi connectivity index (χ1) is 17.2. The number of benzene rings is 4. The van der Waals surface area contributed by atoms with E-state index in [2.05, 4.69) is 51.9 Å². The van der Waals surface area contributed by atoms with Crippen molar-refractivity contribution < 1.29 is 9.90 Å². The smallest absolute Gasteiger partial charge is 0.275 e. The van der Waals surface area contributed by atoms with Crippen molar-refractivity contribution in [3.05, 3.63) is 131 Å². The molecule has 0 aromatic heterocycles. The highest BCUT2D eigenvalue weighted by Crippen LogP contribution is 2.36. The van der Waals surface area contributed by atoms with E-state index in [0.29, 0.717) is 0 Å². The molecule has 0 radical (unpaired) electrons. The largest absolute Gasteiger partial charge is 0.507 e. The van der Waals surface area contributed by atoms with Crippen LogP contribution in [0.3, 0.4) is 0 Å². The number of carbonyl (C=O) groups is 1. The summed E-state index contributed by atoms with van der Waals surface area (Å²) in [5, 5.41) is 20.9. The molecule has 172 valence electrons. The van der Waals surface area contributed by atoms with Crippen LogP contribution in [0.15, 0.2) is 119 Å². The third-order valence-corrected chi connectivity index (χ3v) is 5.89. The third-order valence-electron chi connectivity index (χ3n) is 5.89. The molecule has 1 atom stereocenters. The lowest BCUT2D eigenvalue weighted by Crippen LogP contribution is -2.18. The van der Waals surface area contributed by atoms with Crippen LogP contribution in [-0.2, 0) is 0 Å². The maximum absolute atomic E-state index is 12.2. The Morgan fingerprint density at radius 1 is 0.886 bits per heavy atom. The number of carbonyl (C=O) groups excluding carboxylic acids is 1. The molecule has 6 nitrogen and oxygen atoms in total. The van der Waals surface area contributed by atoms with Crippen LogP contribution in [0.25, 0.3) is 0 Å². The van der Waals surface area contributed by atoms with E-state index in [4.69, 9.17) is 5.10 Å². The van der Waals surface area contributed by atoms with Crippen LogP contribution >= 0.6 is 0 Å². The lowest BCUT2D eigenvalue weighted by molar-refractivity contribution is 0.0952. The molecule has 0 aliphatic carbocycles. The average Bonchev–Trinajstić information content (AvgIpc) is 3.36. The molecule has 0 saturated carbocycles. The van der Waals surface area contributed by atoms with Crippen LogP contribution in [0.2, 0.25) is 0 Å². The lowest BCUT2D eigenvalue weighted by Gasteiger charge is -2.24. The Labute approximate surface area is 203 Å². The Morgan fingerprint density at radius 3 is 2.26 bits per heavy atom. The monoisotopic (exact) mass is 460 g/mol. The van der Waals surface area contributed by atoms with E-state index >= 15 is 0 Å². The number of hydrogen-bond acceptors (Lipinski definition) is 5. The molecule has 0 saturated heterocycles. The van der Waals surface area contributed by atoms with E-state index in [0.717, 1.165) is 28.9 Å². The molecule has 4 aromatic rings. The Bertz CT molecular complexity index is 1370. The quantitative estimate of drug-likeness (QED) is 0.294. The lowest BCUT2D eigenvalue weighted by atomic mass is 9.98. The Kier molecular flexibility index (Phi) is 6.35. The predicted molar refractivity (Wildman–Crippen MR) is 139 cm³/mol. The van der Waals surface area contributed by atoms with Gasteiger partial charge in [0.1, 0.15) is 5.75 Å². The summed E-state index contributed by atoms with van der Waals surface area (Å²) in [6.45, 7) is 0. The minimum atomic E-state index is -0.471. The van der Waals surface area contributed by atoms with Gasteiger partial charge in [0.15, 0.2) is 0 Å². The summed E-state index contributed by atoms with van der Waals surface area (Å²) in [5.74, 6) is -0.555. The van der Waals surface area contributed by atoms with Gasteiger partial charge in [0.25, 0.3) is 5.91 Å². The molecule has 5 rings (SSSR count). The van der Waals surface area contributed by atoms with E-state index in [1.165, 1.54) is 11.6 Å². The molecule has 1 heterocycles. The van der Waals surface area contributed by atoms with Gasteiger partial charge in [-0.15, -0.1) is 0 Å². The van der Waals surface area contributed by atoms with Crippen LogP contribution in [0, 0.1) is 0 Å². The number of para-hydroxylation sites is 1. The van der Waals surface area contributed by atoms with E-state index < -0.39 is 5.91 Å². The second kappa shape index (κ2) is 10.1. The van der Waals surface area contributed by atoms with Crippen LogP contribution in [0.1, 0.15) is 39.5 Å². The van der Waals surface area contributed by atoms with Crippen LogP contribution in [-0.4, -0.2) is 22.9 Å². The first kappa shape index (κ1) is 22.1. The number of hydrogen-bond donors (Lipinski definition) is 2. The highest BCUT2D eigenvalue weighted by Gasteiger charge is 2.29. The number of aromatic hydroxyl groups is 1. The molecule has 0 fully saturated rings. The fraction of sp³-hybridized carbons (Fsp3) is 0.0690. The molecule has 4 aromatic carbocycles. The highest BCUT2D eigenvalue weighted by molar-refractivity contribution is 6.03. The number of nitrogens with zero attached hydrogens (tertiary/aromatic N) is 3. The van der Waals surface area contributed by atoms with Gasteiger partial charge in [-0.1, -0.05) is 84.9 Å². The summed E-state index contributed by atoms with van der Waals surface area (Å²) in [5.41, 5.74) is 7.81. The van der Waals surface area contributed by atoms with Crippen LogP contribution < -0.4 is 10.4 Å². The van der Waals surface area contributed by atoms with Gasteiger partial charge in [-0.25, -0.2) is 5.43 Å². The predicted octanol–water partition coefficient (Wildman–Crippen LogP) is 5.51. The van der Waals surface area contributed by atoms with Crippen molar-refractivity contribution in [3.8, 4) is 5.75 Å². The number of nitrogens with one attached hydrogen (secondary N) is 1. The number of hydrazone groups is 2. The van der Waals surface area contributed by atoms with Gasteiger partial charge in [-0.05, 0) is 41.0 Å². The summed E-state index contributed by atoms with van der Waals surface area (Å²) in [6.07, 6.45) is 2.38. The highest BCUT2D eigenvalue weighted by atomic mass is 16.3. The fourth-order valence-corrected chi connectivity index (χ4v) is 4.09. The minimum Gasteiger partial charge on any atom is -0.507 e. The second-order valence-electron chi connectivity index (χ2n) is 8.20. The summed E-state index contributed by atoms with van der Waals surface area (Å²) in [4.78, 5) is 12.2. The number of anilines is 1. The van der Waals surface area contributed by atoms with Gasteiger partial charge >= 0.3 is 0 Å². The van der Waals surface area contributed by atoms with Crippen LogP contribution in [0.4, 0.5) is 5.69 Å². The zero-order chi connectivity index (χ0) is 24.0. The first-order valence-corrected chi connectivity index (χ1v) is 11.4. The Balaban J connectivity index is 1.34. The molecule has 1 amide bonds. The number of rotatable bonds is 6. The maximum Gasteiger partial charge on any atom is 0.275 e. The first-order valence-electron chi connectivity index (χ1n) is 11.4. The van der Waals surface area contributed by atoms with Crippen molar-refractivity contribution >= 4 is 23.5 Å². The Morgan fingerprint density at radius 2 is 1.54 bits per heavy atom. The summed E-state index contributed by atoms with van der Waals surface area (Å²) in [6, 6.07) is 35.0. The SMILES string of the molecule is O=C(N/N=C\c1ccc(N2N=C(c3ccccc3)C[C@@H]2c2ccccc2)cc1)c1ccccc1O. The maximum atomic E-state index is 12.2. The second-order valence-corrected chi connectivity index (χ2v) is 8.20. The van der Waals surface area contributed by atoms with Crippen molar-refractivity contribution in [2.75, 3.05) is 5.01 Å². The van der Waals surface area contributed by atoms with Crippen molar-refractivity contribution in [2.24, 2.45) is 10.2 Å². The number of phenols is 1. The van der Waals surface area contributed by atoms with Gasteiger partial charge in [0.05, 0.1) is 29.2 Å². The van der Waals surface area contributed by atoms with Crippen LogP contribution in [0.5, 0.6) is 5.75 Å². The van der Waals surface area contributed by atoms with E-state index in [1.54, 1.807) is 24.4 Å². The molecule has 0 unspecified atom stereocenters. The van der Waals surface area contributed by atoms with Crippen molar-refractivity contribution in [2.45, 2.75) is 12.5 Å². The minimum absolute atomic E-state index is 0.0847. The third kappa shape index (κ3) is 4.96. The van der Waals surface area contributed by atoms with E-state index in [9.17, 15) is 9.90 Å². The molecule has 35 heavy (non-hydrogen) atoms. The van der Waals surface area contributed by atoms with Gasteiger partial charge in [-0.2, -0.15) is 10.2 Å². The van der Waals surface area contributed by atoms with Crippen molar-refractivity contribution in [1.82, 2.24) is 5.43 Å². The van der Waals surface area contributed by atoms with E-state index in [-0.39, 0.29) is 17.4 Å². The summed E-state index contributed by atoms with van der Waals surface area (Å²) >= 11 is 0. The molecule has 0 spiro atoms.